The summed E-state index contributed by atoms with van der Waals surface area (Å²) in [5.74, 6) is -0.0914. The monoisotopic (exact) mass is 316 g/mol. The number of hydrogen-bond donors (Lipinski definition) is 1. The molecular formula is C21H20N2O. The van der Waals surface area contributed by atoms with Crippen LogP contribution in [-0.4, -0.2) is 10.5 Å². The van der Waals surface area contributed by atoms with Gasteiger partial charge in [0, 0.05) is 24.5 Å². The zero-order valence-electron chi connectivity index (χ0n) is 13.4. The maximum absolute atomic E-state index is 12.0. The summed E-state index contributed by atoms with van der Waals surface area (Å²) in [6, 6.07) is 24.1. The first kappa shape index (κ1) is 15.8. The Balaban J connectivity index is 1.56. The van der Waals surface area contributed by atoms with Crippen LogP contribution >= 0.6 is 0 Å². The summed E-state index contributed by atoms with van der Waals surface area (Å²) in [5.41, 5.74) is 3.34. The molecule has 3 nitrogen and oxygen atoms in total. The number of hydrogen-bond acceptors (Lipinski definition) is 1. The van der Waals surface area contributed by atoms with Crippen LogP contribution < -0.4 is 5.32 Å². The van der Waals surface area contributed by atoms with Crippen molar-refractivity contribution in [1.82, 2.24) is 9.88 Å². The van der Waals surface area contributed by atoms with Crippen molar-refractivity contribution in [3.8, 4) is 0 Å². The molecule has 0 unspecified atom stereocenters. The summed E-state index contributed by atoms with van der Waals surface area (Å²) in [6.45, 7) is 1.32. The van der Waals surface area contributed by atoms with Crippen LogP contribution in [0.5, 0.6) is 0 Å². The van der Waals surface area contributed by atoms with Crippen molar-refractivity contribution < 1.29 is 4.79 Å². The fourth-order valence-electron chi connectivity index (χ4n) is 2.52. The number of carbonyl (C=O) groups is 1. The standard InChI is InChI=1S/C21H20N2O/c24-21(14-13-18-8-3-1-4-9-18)22-16-20-12-7-15-23(20)17-19-10-5-2-6-11-19/h1-15H,16-17H2,(H,22,24)/b14-13+. The minimum absolute atomic E-state index is 0.0914. The van der Waals surface area contributed by atoms with E-state index in [9.17, 15) is 4.79 Å². The molecule has 0 spiro atoms. The fraction of sp³-hybridized carbons (Fsp3) is 0.0952. The molecule has 0 fully saturated rings. The van der Waals surface area contributed by atoms with Crippen molar-refractivity contribution in [2.75, 3.05) is 0 Å². The summed E-state index contributed by atoms with van der Waals surface area (Å²) >= 11 is 0. The third-order valence-corrected chi connectivity index (χ3v) is 3.79. The van der Waals surface area contributed by atoms with Crippen LogP contribution in [0.1, 0.15) is 16.8 Å². The molecule has 1 aromatic heterocycles. The Morgan fingerprint density at radius 3 is 2.38 bits per heavy atom. The average Bonchev–Trinajstić information content (AvgIpc) is 3.07. The lowest BCUT2D eigenvalue weighted by atomic mass is 10.2. The molecule has 3 heteroatoms. The minimum Gasteiger partial charge on any atom is -0.347 e. The Morgan fingerprint density at radius 2 is 1.62 bits per heavy atom. The summed E-state index contributed by atoms with van der Waals surface area (Å²) in [4.78, 5) is 12.0. The number of rotatable bonds is 6. The van der Waals surface area contributed by atoms with Gasteiger partial charge in [0.15, 0.2) is 0 Å². The second-order valence-electron chi connectivity index (χ2n) is 5.57. The quantitative estimate of drug-likeness (QED) is 0.688. The lowest BCUT2D eigenvalue weighted by Crippen LogP contribution is -2.22. The largest absolute Gasteiger partial charge is 0.347 e. The van der Waals surface area contributed by atoms with Gasteiger partial charge in [0.1, 0.15) is 0 Å². The van der Waals surface area contributed by atoms with Crippen molar-refractivity contribution in [2.45, 2.75) is 13.1 Å². The molecule has 0 saturated carbocycles. The zero-order valence-corrected chi connectivity index (χ0v) is 13.4. The van der Waals surface area contributed by atoms with Crippen LogP contribution in [0.3, 0.4) is 0 Å². The number of aromatic nitrogens is 1. The second kappa shape index (κ2) is 7.97. The molecule has 24 heavy (non-hydrogen) atoms. The highest BCUT2D eigenvalue weighted by atomic mass is 16.1. The Hall–Kier alpha value is -3.07. The average molecular weight is 316 g/mol. The molecule has 0 aliphatic heterocycles. The molecule has 1 heterocycles. The molecular weight excluding hydrogens is 296 g/mol. The Morgan fingerprint density at radius 1 is 0.917 bits per heavy atom. The van der Waals surface area contributed by atoms with E-state index < -0.39 is 0 Å². The molecule has 1 amide bonds. The summed E-state index contributed by atoms with van der Waals surface area (Å²) in [6.07, 6.45) is 5.42. The van der Waals surface area contributed by atoms with Gasteiger partial charge in [0.05, 0.1) is 6.54 Å². The molecule has 1 N–H and O–H groups in total. The number of carbonyl (C=O) groups excluding carboxylic acids is 1. The van der Waals surface area contributed by atoms with Crippen LogP contribution in [0.2, 0.25) is 0 Å². The third kappa shape index (κ3) is 4.46. The van der Waals surface area contributed by atoms with E-state index in [1.807, 2.05) is 72.9 Å². The molecule has 0 bridgehead atoms. The van der Waals surface area contributed by atoms with Gasteiger partial charge in [-0.05, 0) is 29.3 Å². The normalized spacial score (nSPS) is 10.8. The molecule has 120 valence electrons. The summed E-state index contributed by atoms with van der Waals surface area (Å²) in [5, 5.41) is 2.93. The topological polar surface area (TPSA) is 34.0 Å². The van der Waals surface area contributed by atoms with Crippen molar-refractivity contribution in [3.05, 3.63) is 102 Å². The second-order valence-corrected chi connectivity index (χ2v) is 5.57. The first-order valence-electron chi connectivity index (χ1n) is 8.00. The molecule has 0 aliphatic rings. The molecule has 3 rings (SSSR count). The maximum atomic E-state index is 12.0. The van der Waals surface area contributed by atoms with E-state index in [0.717, 1.165) is 17.8 Å². The fourth-order valence-corrected chi connectivity index (χ4v) is 2.52. The van der Waals surface area contributed by atoms with Crippen molar-refractivity contribution in [3.63, 3.8) is 0 Å². The molecule has 0 aliphatic carbocycles. The first-order valence-corrected chi connectivity index (χ1v) is 8.00. The highest BCUT2D eigenvalue weighted by molar-refractivity contribution is 5.91. The van der Waals surface area contributed by atoms with Crippen molar-refractivity contribution in [2.24, 2.45) is 0 Å². The number of nitrogens with one attached hydrogen (secondary N) is 1. The van der Waals surface area contributed by atoms with E-state index in [2.05, 4.69) is 22.0 Å². The van der Waals surface area contributed by atoms with Crippen LogP contribution in [0, 0.1) is 0 Å². The van der Waals surface area contributed by atoms with Gasteiger partial charge >= 0.3 is 0 Å². The van der Waals surface area contributed by atoms with Gasteiger partial charge in [-0.25, -0.2) is 0 Å². The number of nitrogens with zero attached hydrogens (tertiary/aromatic N) is 1. The SMILES string of the molecule is O=C(/C=C/c1ccccc1)NCc1cccn1Cc1ccccc1. The molecule has 0 radical (unpaired) electrons. The molecule has 0 saturated heterocycles. The van der Waals surface area contributed by atoms with Gasteiger partial charge in [-0.3, -0.25) is 4.79 Å². The Kier molecular flexibility index (Phi) is 5.25. The van der Waals surface area contributed by atoms with Gasteiger partial charge in [0.25, 0.3) is 0 Å². The van der Waals surface area contributed by atoms with E-state index in [1.165, 1.54) is 5.56 Å². The van der Waals surface area contributed by atoms with Gasteiger partial charge < -0.3 is 9.88 Å². The molecule has 0 atom stereocenters. The van der Waals surface area contributed by atoms with Gasteiger partial charge in [0.2, 0.25) is 5.91 Å². The lowest BCUT2D eigenvalue weighted by Gasteiger charge is -2.10. The highest BCUT2D eigenvalue weighted by Gasteiger charge is 2.03. The predicted octanol–water partition coefficient (Wildman–Crippen LogP) is 3.87. The zero-order chi connectivity index (χ0) is 16.6. The Labute approximate surface area is 142 Å². The first-order chi connectivity index (χ1) is 11.8. The lowest BCUT2D eigenvalue weighted by molar-refractivity contribution is -0.116. The predicted molar refractivity (Wildman–Crippen MR) is 97.3 cm³/mol. The molecule has 2 aromatic carbocycles. The van der Waals surface area contributed by atoms with E-state index in [0.29, 0.717) is 6.54 Å². The summed E-state index contributed by atoms with van der Waals surface area (Å²) in [7, 11) is 0. The van der Waals surface area contributed by atoms with Crippen molar-refractivity contribution in [1.29, 1.82) is 0 Å². The highest BCUT2D eigenvalue weighted by Crippen LogP contribution is 2.08. The van der Waals surface area contributed by atoms with Crippen LogP contribution in [0.15, 0.2) is 85.1 Å². The van der Waals surface area contributed by atoms with Gasteiger partial charge in [-0.15, -0.1) is 0 Å². The smallest absolute Gasteiger partial charge is 0.244 e. The van der Waals surface area contributed by atoms with Crippen LogP contribution in [-0.2, 0) is 17.9 Å². The van der Waals surface area contributed by atoms with Crippen LogP contribution in [0.25, 0.3) is 6.08 Å². The van der Waals surface area contributed by atoms with E-state index in [-0.39, 0.29) is 5.91 Å². The van der Waals surface area contributed by atoms with E-state index in [4.69, 9.17) is 0 Å². The summed E-state index contributed by atoms with van der Waals surface area (Å²) < 4.78 is 2.15. The number of amides is 1. The third-order valence-electron chi connectivity index (χ3n) is 3.79. The van der Waals surface area contributed by atoms with E-state index in [1.54, 1.807) is 6.08 Å². The number of benzene rings is 2. The van der Waals surface area contributed by atoms with Crippen molar-refractivity contribution >= 4 is 12.0 Å². The maximum Gasteiger partial charge on any atom is 0.244 e. The minimum atomic E-state index is -0.0914. The van der Waals surface area contributed by atoms with E-state index >= 15 is 0 Å². The van der Waals surface area contributed by atoms with Gasteiger partial charge in [-0.2, -0.15) is 0 Å². The van der Waals surface area contributed by atoms with Crippen LogP contribution in [0.4, 0.5) is 0 Å². The molecule has 3 aromatic rings. The van der Waals surface area contributed by atoms with Gasteiger partial charge in [-0.1, -0.05) is 60.7 Å². The Bertz CT molecular complexity index is 804.